The van der Waals surface area contributed by atoms with Crippen molar-refractivity contribution in [3.63, 3.8) is 0 Å². The van der Waals surface area contributed by atoms with Gasteiger partial charge in [0, 0.05) is 24.8 Å². The molecule has 0 unspecified atom stereocenters. The Hall–Kier alpha value is -1.90. The Kier molecular flexibility index (Phi) is 5.55. The van der Waals surface area contributed by atoms with Crippen LogP contribution in [0.1, 0.15) is 34.1 Å². The molecule has 0 bridgehead atoms. The SMILES string of the molecule is C[C@@H]1C[C@H](COc2cnc(S(C)(=O)=O)cn2)CN1C(=O)OC(C)(C)C. The molecule has 1 aromatic rings. The van der Waals surface area contributed by atoms with E-state index in [0.29, 0.717) is 13.2 Å². The minimum Gasteiger partial charge on any atom is -0.476 e. The summed E-state index contributed by atoms with van der Waals surface area (Å²) in [5.41, 5.74) is -0.525. The van der Waals surface area contributed by atoms with Crippen molar-refractivity contribution in [2.24, 2.45) is 5.92 Å². The quantitative estimate of drug-likeness (QED) is 0.797. The number of hydrogen-bond donors (Lipinski definition) is 0. The molecule has 0 N–H and O–H groups in total. The monoisotopic (exact) mass is 371 g/mol. The van der Waals surface area contributed by atoms with Gasteiger partial charge in [0.2, 0.25) is 5.88 Å². The average molecular weight is 371 g/mol. The van der Waals surface area contributed by atoms with Gasteiger partial charge in [-0.1, -0.05) is 0 Å². The maximum Gasteiger partial charge on any atom is 0.410 e. The number of sulfone groups is 1. The zero-order valence-corrected chi connectivity index (χ0v) is 16.0. The van der Waals surface area contributed by atoms with Gasteiger partial charge in [0.05, 0.1) is 19.0 Å². The molecule has 1 saturated heterocycles. The number of aromatic nitrogens is 2. The molecule has 2 atom stereocenters. The highest BCUT2D eigenvalue weighted by Crippen LogP contribution is 2.25. The topological polar surface area (TPSA) is 98.7 Å². The minimum atomic E-state index is -3.38. The third kappa shape index (κ3) is 5.55. The van der Waals surface area contributed by atoms with Crippen molar-refractivity contribution in [2.45, 2.75) is 50.8 Å². The van der Waals surface area contributed by atoms with Gasteiger partial charge in [-0.2, -0.15) is 0 Å². The van der Waals surface area contributed by atoms with E-state index in [4.69, 9.17) is 9.47 Å². The van der Waals surface area contributed by atoms with Crippen LogP contribution in [0.15, 0.2) is 17.4 Å². The zero-order chi connectivity index (χ0) is 18.8. The van der Waals surface area contributed by atoms with Crippen LogP contribution in [-0.4, -0.2) is 60.4 Å². The lowest BCUT2D eigenvalue weighted by Crippen LogP contribution is -2.39. The van der Waals surface area contributed by atoms with Crippen molar-refractivity contribution in [1.82, 2.24) is 14.9 Å². The lowest BCUT2D eigenvalue weighted by molar-refractivity contribution is 0.0231. The number of nitrogens with zero attached hydrogens (tertiary/aromatic N) is 3. The van der Waals surface area contributed by atoms with Crippen molar-refractivity contribution in [3.8, 4) is 5.88 Å². The van der Waals surface area contributed by atoms with Crippen LogP contribution in [0, 0.1) is 5.92 Å². The summed E-state index contributed by atoms with van der Waals surface area (Å²) in [6.07, 6.45) is 4.02. The van der Waals surface area contributed by atoms with Crippen LogP contribution in [0.2, 0.25) is 0 Å². The molecule has 1 aromatic heterocycles. The number of amides is 1. The molecule has 140 valence electrons. The first-order valence-electron chi connectivity index (χ1n) is 8.10. The Bertz CT molecular complexity index is 712. The summed E-state index contributed by atoms with van der Waals surface area (Å²) in [5, 5.41) is -0.0922. The highest BCUT2D eigenvalue weighted by Gasteiger charge is 2.35. The predicted molar refractivity (Wildman–Crippen MR) is 91.1 cm³/mol. The van der Waals surface area contributed by atoms with Gasteiger partial charge in [-0.05, 0) is 34.1 Å². The fourth-order valence-corrected chi connectivity index (χ4v) is 3.10. The lowest BCUT2D eigenvalue weighted by atomic mass is 10.1. The van der Waals surface area contributed by atoms with Gasteiger partial charge in [-0.3, -0.25) is 0 Å². The van der Waals surface area contributed by atoms with Gasteiger partial charge in [0.15, 0.2) is 14.9 Å². The molecule has 2 heterocycles. The molecule has 2 rings (SSSR count). The summed E-state index contributed by atoms with van der Waals surface area (Å²) in [7, 11) is -3.38. The van der Waals surface area contributed by atoms with Crippen LogP contribution < -0.4 is 4.74 Å². The van der Waals surface area contributed by atoms with Crippen LogP contribution in [0.3, 0.4) is 0 Å². The first-order chi connectivity index (χ1) is 11.5. The van der Waals surface area contributed by atoms with E-state index < -0.39 is 15.4 Å². The number of ether oxygens (including phenoxy) is 2. The third-order valence-corrected chi connectivity index (χ3v) is 4.71. The normalized spacial score (nSPS) is 21.2. The molecule has 0 spiro atoms. The second-order valence-corrected chi connectivity index (χ2v) is 9.32. The largest absolute Gasteiger partial charge is 0.476 e. The minimum absolute atomic E-state index is 0.0714. The summed E-state index contributed by atoms with van der Waals surface area (Å²) in [6, 6.07) is 0.0714. The lowest BCUT2D eigenvalue weighted by Gasteiger charge is -2.27. The fraction of sp³-hybridized carbons (Fsp3) is 0.688. The Balaban J connectivity index is 1.89. The van der Waals surface area contributed by atoms with Gasteiger partial charge in [-0.15, -0.1) is 0 Å². The highest BCUT2D eigenvalue weighted by atomic mass is 32.2. The number of likely N-dealkylation sites (tertiary alicyclic amines) is 1. The summed E-state index contributed by atoms with van der Waals surface area (Å²) in [6.45, 7) is 8.41. The van der Waals surface area contributed by atoms with E-state index in [-0.39, 0.29) is 29.0 Å². The van der Waals surface area contributed by atoms with Crippen LogP contribution >= 0.6 is 0 Å². The van der Waals surface area contributed by atoms with Gasteiger partial charge in [0.1, 0.15) is 5.60 Å². The van der Waals surface area contributed by atoms with E-state index in [1.54, 1.807) is 4.90 Å². The van der Waals surface area contributed by atoms with Crippen molar-refractivity contribution in [2.75, 3.05) is 19.4 Å². The summed E-state index contributed by atoms with van der Waals surface area (Å²) < 4.78 is 33.7. The Morgan fingerprint density at radius 3 is 2.52 bits per heavy atom. The van der Waals surface area contributed by atoms with Crippen LogP contribution in [0.5, 0.6) is 5.88 Å². The molecule has 0 aliphatic carbocycles. The smallest absolute Gasteiger partial charge is 0.410 e. The van der Waals surface area contributed by atoms with E-state index in [2.05, 4.69) is 9.97 Å². The summed E-state index contributed by atoms with van der Waals surface area (Å²) in [5.74, 6) is 0.412. The van der Waals surface area contributed by atoms with Gasteiger partial charge >= 0.3 is 6.09 Å². The second-order valence-electron chi connectivity index (χ2n) is 7.36. The predicted octanol–water partition coefficient (Wildman–Crippen LogP) is 1.90. The van der Waals surface area contributed by atoms with E-state index in [1.165, 1.54) is 12.4 Å². The van der Waals surface area contributed by atoms with Crippen molar-refractivity contribution < 1.29 is 22.7 Å². The molecule has 1 amide bonds. The van der Waals surface area contributed by atoms with Gasteiger partial charge in [0.25, 0.3) is 0 Å². The molecule has 1 aliphatic rings. The number of carbonyl (C=O) groups is 1. The third-order valence-electron chi connectivity index (χ3n) is 3.74. The van der Waals surface area contributed by atoms with Crippen LogP contribution in [-0.2, 0) is 14.6 Å². The molecule has 8 nitrogen and oxygen atoms in total. The molecule has 0 radical (unpaired) electrons. The number of rotatable bonds is 4. The van der Waals surface area contributed by atoms with Gasteiger partial charge in [-0.25, -0.2) is 23.2 Å². The van der Waals surface area contributed by atoms with Crippen LogP contribution in [0.4, 0.5) is 4.79 Å². The Labute approximate surface area is 148 Å². The summed E-state index contributed by atoms with van der Waals surface area (Å²) >= 11 is 0. The molecule has 0 aromatic carbocycles. The van der Waals surface area contributed by atoms with Crippen molar-refractivity contribution in [3.05, 3.63) is 12.4 Å². The molecular weight excluding hydrogens is 346 g/mol. The number of hydrogen-bond acceptors (Lipinski definition) is 7. The first kappa shape index (κ1) is 19.4. The number of carbonyl (C=O) groups excluding carboxylic acids is 1. The standard InChI is InChI=1S/C16H25N3O5S/c1-11-6-12(9-19(11)15(20)24-16(2,3)4)10-23-13-7-18-14(8-17-13)25(5,21)22/h7-8,11-12H,6,9-10H2,1-5H3/t11-,12+/m1/s1. The zero-order valence-electron chi connectivity index (χ0n) is 15.2. The highest BCUT2D eigenvalue weighted by molar-refractivity contribution is 7.90. The molecule has 0 saturated carbocycles. The van der Waals surface area contributed by atoms with Crippen LogP contribution in [0.25, 0.3) is 0 Å². The summed E-state index contributed by atoms with van der Waals surface area (Å²) in [4.78, 5) is 21.7. The average Bonchev–Trinajstić information content (AvgIpc) is 2.84. The van der Waals surface area contributed by atoms with E-state index >= 15 is 0 Å². The maximum absolute atomic E-state index is 12.2. The maximum atomic E-state index is 12.2. The molecule has 1 fully saturated rings. The molecule has 25 heavy (non-hydrogen) atoms. The van der Waals surface area contributed by atoms with Crippen molar-refractivity contribution >= 4 is 15.9 Å². The van der Waals surface area contributed by atoms with E-state index in [0.717, 1.165) is 12.7 Å². The first-order valence-corrected chi connectivity index (χ1v) is 9.99. The Morgan fingerprint density at radius 1 is 1.32 bits per heavy atom. The van der Waals surface area contributed by atoms with E-state index in [9.17, 15) is 13.2 Å². The molecule has 9 heteroatoms. The molecular formula is C16H25N3O5S. The molecule has 1 aliphatic heterocycles. The van der Waals surface area contributed by atoms with Gasteiger partial charge < -0.3 is 14.4 Å². The Morgan fingerprint density at radius 2 is 2.00 bits per heavy atom. The van der Waals surface area contributed by atoms with E-state index in [1.807, 2.05) is 27.7 Å². The second kappa shape index (κ2) is 7.15. The fourth-order valence-electron chi connectivity index (χ4n) is 2.61. The van der Waals surface area contributed by atoms with Crippen molar-refractivity contribution in [1.29, 1.82) is 0 Å².